The van der Waals surface area contributed by atoms with Gasteiger partial charge in [0.1, 0.15) is 0 Å². The number of nitrogens with one attached hydrogen (secondary N) is 2. The van der Waals surface area contributed by atoms with Crippen LogP contribution in [-0.2, 0) is 21.8 Å². The van der Waals surface area contributed by atoms with Crippen molar-refractivity contribution in [3.63, 3.8) is 0 Å². The van der Waals surface area contributed by atoms with Crippen molar-refractivity contribution in [3.05, 3.63) is 18.5 Å². The van der Waals surface area contributed by atoms with Crippen molar-refractivity contribution in [1.82, 2.24) is 19.5 Å². The molecular formula is C17H30IN5O3S. The van der Waals surface area contributed by atoms with Crippen LogP contribution in [0.1, 0.15) is 19.8 Å². The molecule has 0 amide bonds. The van der Waals surface area contributed by atoms with E-state index in [9.17, 15) is 8.42 Å². The number of sulfonamides is 1. The third-order valence-corrected chi connectivity index (χ3v) is 6.48. The largest absolute Gasteiger partial charge is 0.381 e. The molecule has 2 saturated heterocycles. The molecule has 1 spiro atoms. The van der Waals surface area contributed by atoms with Gasteiger partial charge in [-0.3, -0.25) is 4.99 Å². The van der Waals surface area contributed by atoms with Crippen molar-refractivity contribution >= 4 is 40.0 Å². The van der Waals surface area contributed by atoms with Crippen LogP contribution in [-0.4, -0.2) is 69.8 Å². The molecule has 2 N–H and O–H groups in total. The second-order valence-corrected chi connectivity index (χ2v) is 8.89. The first-order chi connectivity index (χ1) is 12.4. The predicted molar refractivity (Wildman–Crippen MR) is 116 cm³/mol. The number of guanidine groups is 1. The second-order valence-electron chi connectivity index (χ2n) is 7.12. The van der Waals surface area contributed by atoms with Gasteiger partial charge in [0.25, 0.3) is 0 Å². The molecule has 154 valence electrons. The summed E-state index contributed by atoms with van der Waals surface area (Å²) in [4.78, 5) is 7.15. The lowest BCUT2D eigenvalue weighted by molar-refractivity contribution is 0.156. The van der Waals surface area contributed by atoms with Gasteiger partial charge < -0.3 is 19.5 Å². The molecule has 1 atom stereocenters. The highest BCUT2D eigenvalue weighted by molar-refractivity contribution is 14.0. The van der Waals surface area contributed by atoms with Gasteiger partial charge in [0, 0.05) is 57.6 Å². The van der Waals surface area contributed by atoms with E-state index in [2.05, 4.69) is 19.9 Å². The van der Waals surface area contributed by atoms with Crippen molar-refractivity contribution in [2.45, 2.75) is 24.7 Å². The lowest BCUT2D eigenvalue weighted by Crippen LogP contribution is -2.42. The third-order valence-electron chi connectivity index (χ3n) is 5.04. The molecule has 0 aromatic carbocycles. The SMILES string of the molecule is CCNC(=NCCNS(=O)(=O)c1ccn(C)c1)N1CCC2(CCOC2)C1.I. The number of nitrogens with zero attached hydrogens (tertiary/aromatic N) is 3. The zero-order valence-corrected chi connectivity index (χ0v) is 19.1. The minimum atomic E-state index is -3.48. The van der Waals surface area contributed by atoms with Crippen LogP contribution in [0.3, 0.4) is 0 Å². The molecule has 1 unspecified atom stereocenters. The molecule has 2 fully saturated rings. The van der Waals surface area contributed by atoms with E-state index in [0.29, 0.717) is 6.54 Å². The van der Waals surface area contributed by atoms with E-state index in [1.54, 1.807) is 30.1 Å². The Morgan fingerprint density at radius 2 is 2.22 bits per heavy atom. The van der Waals surface area contributed by atoms with Crippen LogP contribution < -0.4 is 10.0 Å². The van der Waals surface area contributed by atoms with Crippen LogP contribution in [0.25, 0.3) is 0 Å². The Kier molecular flexibility index (Phi) is 7.95. The van der Waals surface area contributed by atoms with E-state index in [1.807, 2.05) is 6.92 Å². The van der Waals surface area contributed by atoms with E-state index in [4.69, 9.17) is 4.74 Å². The highest BCUT2D eigenvalue weighted by Gasteiger charge is 2.42. The molecule has 0 radical (unpaired) electrons. The van der Waals surface area contributed by atoms with Gasteiger partial charge in [0.2, 0.25) is 10.0 Å². The summed E-state index contributed by atoms with van der Waals surface area (Å²) in [5.74, 6) is 0.857. The van der Waals surface area contributed by atoms with E-state index in [1.165, 1.54) is 0 Å². The maximum absolute atomic E-state index is 12.2. The summed E-state index contributed by atoms with van der Waals surface area (Å²) >= 11 is 0. The Morgan fingerprint density at radius 1 is 1.41 bits per heavy atom. The summed E-state index contributed by atoms with van der Waals surface area (Å²) in [6.07, 6.45) is 5.53. The van der Waals surface area contributed by atoms with Crippen LogP contribution in [0.15, 0.2) is 28.3 Å². The zero-order chi connectivity index (χ0) is 18.6. The number of hydrogen-bond donors (Lipinski definition) is 2. The van der Waals surface area contributed by atoms with Gasteiger partial charge in [-0.15, -0.1) is 24.0 Å². The second kappa shape index (κ2) is 9.57. The number of halogens is 1. The Labute approximate surface area is 178 Å². The molecule has 3 heterocycles. The topological polar surface area (TPSA) is 88.0 Å². The highest BCUT2D eigenvalue weighted by Crippen LogP contribution is 2.38. The van der Waals surface area contributed by atoms with E-state index < -0.39 is 10.0 Å². The fourth-order valence-corrected chi connectivity index (χ4v) is 4.65. The standard InChI is InChI=1S/C17H29N5O3S.HI/c1-3-18-16(22-10-5-17(13-22)6-11-25-14-17)19-7-8-20-26(23,24)15-4-9-21(2)12-15;/h4,9,12,20H,3,5-8,10-11,13-14H2,1-2H3,(H,18,19);1H. The first-order valence-corrected chi connectivity index (χ1v) is 10.7. The first-order valence-electron chi connectivity index (χ1n) is 9.17. The number of aromatic nitrogens is 1. The normalized spacial score (nSPS) is 23.0. The van der Waals surface area contributed by atoms with Crippen LogP contribution in [0.5, 0.6) is 0 Å². The van der Waals surface area contributed by atoms with Crippen LogP contribution in [0.4, 0.5) is 0 Å². The number of ether oxygens (including phenoxy) is 1. The molecular weight excluding hydrogens is 481 g/mol. The van der Waals surface area contributed by atoms with E-state index >= 15 is 0 Å². The number of likely N-dealkylation sites (tertiary alicyclic amines) is 1. The molecule has 2 aliphatic rings. The van der Waals surface area contributed by atoms with Gasteiger partial charge in [-0.1, -0.05) is 0 Å². The fraction of sp³-hybridized carbons (Fsp3) is 0.706. The Bertz CT molecular complexity index is 744. The van der Waals surface area contributed by atoms with Crippen molar-refractivity contribution in [2.75, 3.05) is 45.9 Å². The average molecular weight is 511 g/mol. The molecule has 2 aliphatic heterocycles. The molecule has 0 saturated carbocycles. The Balaban J connectivity index is 0.00000261. The third kappa shape index (κ3) is 5.58. The Hall–Kier alpha value is -0.850. The first kappa shape index (κ1) is 22.4. The smallest absolute Gasteiger partial charge is 0.242 e. The molecule has 0 bridgehead atoms. The van der Waals surface area contributed by atoms with E-state index in [-0.39, 0.29) is 40.8 Å². The van der Waals surface area contributed by atoms with Gasteiger partial charge in [0.05, 0.1) is 18.0 Å². The molecule has 27 heavy (non-hydrogen) atoms. The molecule has 10 heteroatoms. The van der Waals surface area contributed by atoms with Crippen LogP contribution >= 0.6 is 24.0 Å². The van der Waals surface area contributed by atoms with Crippen LogP contribution in [0.2, 0.25) is 0 Å². The molecule has 1 aromatic heterocycles. The lowest BCUT2D eigenvalue weighted by atomic mass is 9.87. The van der Waals surface area contributed by atoms with Crippen molar-refractivity contribution in [2.24, 2.45) is 17.5 Å². The predicted octanol–water partition coefficient (Wildman–Crippen LogP) is 0.999. The van der Waals surface area contributed by atoms with Gasteiger partial charge in [0.15, 0.2) is 5.96 Å². The minimum Gasteiger partial charge on any atom is -0.381 e. The minimum absolute atomic E-state index is 0. The summed E-state index contributed by atoms with van der Waals surface area (Å²) in [6.45, 7) is 7.09. The molecule has 3 rings (SSSR count). The highest BCUT2D eigenvalue weighted by atomic mass is 127. The van der Waals surface area contributed by atoms with Gasteiger partial charge in [-0.2, -0.15) is 0 Å². The quantitative estimate of drug-likeness (QED) is 0.258. The summed E-state index contributed by atoms with van der Waals surface area (Å²) in [5.41, 5.74) is 0.269. The number of aliphatic imine (C=N–C) groups is 1. The lowest BCUT2D eigenvalue weighted by Gasteiger charge is -2.25. The number of hydrogen-bond acceptors (Lipinski definition) is 4. The zero-order valence-electron chi connectivity index (χ0n) is 16.0. The van der Waals surface area contributed by atoms with Gasteiger partial charge >= 0.3 is 0 Å². The number of rotatable bonds is 6. The van der Waals surface area contributed by atoms with Crippen molar-refractivity contribution < 1.29 is 13.2 Å². The van der Waals surface area contributed by atoms with Crippen molar-refractivity contribution in [1.29, 1.82) is 0 Å². The summed E-state index contributed by atoms with van der Waals surface area (Å²) in [6, 6.07) is 1.59. The number of aryl methyl sites for hydroxylation is 1. The van der Waals surface area contributed by atoms with Gasteiger partial charge in [-0.25, -0.2) is 13.1 Å². The monoisotopic (exact) mass is 511 g/mol. The summed E-state index contributed by atoms with van der Waals surface area (Å²) in [5, 5.41) is 3.32. The maximum atomic E-state index is 12.2. The molecule has 0 aliphatic carbocycles. The molecule has 8 nitrogen and oxygen atoms in total. The fourth-order valence-electron chi connectivity index (χ4n) is 3.58. The van der Waals surface area contributed by atoms with Crippen molar-refractivity contribution in [3.8, 4) is 0 Å². The summed E-state index contributed by atoms with van der Waals surface area (Å²) in [7, 11) is -1.68. The maximum Gasteiger partial charge on any atom is 0.242 e. The van der Waals surface area contributed by atoms with Gasteiger partial charge in [-0.05, 0) is 25.8 Å². The Morgan fingerprint density at radius 3 is 2.85 bits per heavy atom. The average Bonchev–Trinajstić information content (AvgIpc) is 3.34. The van der Waals surface area contributed by atoms with E-state index in [0.717, 1.165) is 51.6 Å². The van der Waals surface area contributed by atoms with Crippen LogP contribution in [0, 0.1) is 5.41 Å². The molecule has 1 aromatic rings. The summed E-state index contributed by atoms with van der Waals surface area (Å²) < 4.78 is 34.4.